The number of halogens is 1. The van der Waals surface area contributed by atoms with Crippen molar-refractivity contribution in [3.05, 3.63) is 46.9 Å². The number of aromatic nitrogens is 1. The van der Waals surface area contributed by atoms with Gasteiger partial charge in [-0.25, -0.2) is 4.98 Å². The molecule has 0 aliphatic carbocycles. The summed E-state index contributed by atoms with van der Waals surface area (Å²) in [5, 5.41) is 0.632. The van der Waals surface area contributed by atoms with E-state index in [1.165, 1.54) is 11.3 Å². The van der Waals surface area contributed by atoms with Gasteiger partial charge in [-0.1, -0.05) is 23.5 Å². The smallest absolute Gasteiger partial charge is 0.279 e. The molecule has 3 aromatic rings. The maximum Gasteiger partial charge on any atom is 0.279 e. The lowest BCUT2D eigenvalue weighted by molar-refractivity contribution is 0.412. The molecule has 0 spiro atoms. The zero-order valence-corrected chi connectivity index (χ0v) is 12.5. The van der Waals surface area contributed by atoms with Gasteiger partial charge in [0.15, 0.2) is 0 Å². The number of methoxy groups -OCH3 is 1. The van der Waals surface area contributed by atoms with E-state index in [9.17, 15) is 0 Å². The SMILES string of the molecule is COc1ccc(Oc2nc3ccccc3s2)c(Br)c1. The van der Waals surface area contributed by atoms with Crippen molar-refractivity contribution in [2.75, 3.05) is 7.11 Å². The number of benzene rings is 2. The van der Waals surface area contributed by atoms with E-state index < -0.39 is 0 Å². The first-order valence-corrected chi connectivity index (χ1v) is 7.24. The number of ether oxygens (including phenoxy) is 2. The lowest BCUT2D eigenvalue weighted by atomic mass is 10.3. The highest BCUT2D eigenvalue weighted by Gasteiger charge is 2.08. The Bertz CT molecular complexity index is 693. The van der Waals surface area contributed by atoms with Gasteiger partial charge in [-0.15, -0.1) is 0 Å². The fraction of sp³-hybridized carbons (Fsp3) is 0.0714. The highest BCUT2D eigenvalue weighted by Crippen LogP contribution is 2.36. The molecule has 0 bridgehead atoms. The summed E-state index contributed by atoms with van der Waals surface area (Å²) in [5.41, 5.74) is 0.951. The van der Waals surface area contributed by atoms with Gasteiger partial charge >= 0.3 is 0 Å². The minimum atomic E-state index is 0.632. The number of para-hydroxylation sites is 1. The van der Waals surface area contributed by atoms with Crippen LogP contribution in [0.25, 0.3) is 10.2 Å². The van der Waals surface area contributed by atoms with E-state index in [0.717, 1.165) is 26.2 Å². The van der Waals surface area contributed by atoms with E-state index in [1.54, 1.807) is 7.11 Å². The van der Waals surface area contributed by atoms with Crippen LogP contribution in [0.5, 0.6) is 16.7 Å². The number of rotatable bonds is 3. The molecule has 0 radical (unpaired) electrons. The molecule has 96 valence electrons. The van der Waals surface area contributed by atoms with Crippen LogP contribution in [0.4, 0.5) is 0 Å². The van der Waals surface area contributed by atoms with Gasteiger partial charge in [-0.3, -0.25) is 0 Å². The Kier molecular flexibility index (Phi) is 3.40. The molecule has 5 heteroatoms. The van der Waals surface area contributed by atoms with Crippen LogP contribution in [0.15, 0.2) is 46.9 Å². The molecule has 0 aliphatic rings. The van der Waals surface area contributed by atoms with Gasteiger partial charge in [0.1, 0.15) is 11.5 Å². The van der Waals surface area contributed by atoms with Crippen LogP contribution in [0, 0.1) is 0 Å². The van der Waals surface area contributed by atoms with Gasteiger partial charge in [-0.2, -0.15) is 0 Å². The first-order chi connectivity index (χ1) is 9.26. The summed E-state index contributed by atoms with van der Waals surface area (Å²) >= 11 is 4.99. The number of nitrogens with zero attached hydrogens (tertiary/aromatic N) is 1. The largest absolute Gasteiger partial charge is 0.497 e. The maximum absolute atomic E-state index is 5.80. The molecule has 0 aliphatic heterocycles. The molecule has 0 atom stereocenters. The molecule has 1 aromatic heterocycles. The maximum atomic E-state index is 5.80. The van der Waals surface area contributed by atoms with Crippen LogP contribution in [-0.4, -0.2) is 12.1 Å². The topological polar surface area (TPSA) is 31.4 Å². The highest BCUT2D eigenvalue weighted by atomic mass is 79.9. The van der Waals surface area contributed by atoms with Crippen molar-refractivity contribution in [2.45, 2.75) is 0 Å². The summed E-state index contributed by atoms with van der Waals surface area (Å²) in [6.07, 6.45) is 0. The fourth-order valence-electron chi connectivity index (χ4n) is 1.68. The van der Waals surface area contributed by atoms with Gasteiger partial charge in [0.05, 0.1) is 21.8 Å². The molecule has 3 rings (SSSR count). The molecule has 0 saturated heterocycles. The van der Waals surface area contributed by atoms with Crippen molar-refractivity contribution in [2.24, 2.45) is 0 Å². The number of hydrogen-bond donors (Lipinski definition) is 0. The van der Waals surface area contributed by atoms with Gasteiger partial charge in [0, 0.05) is 0 Å². The van der Waals surface area contributed by atoms with Crippen LogP contribution in [0.2, 0.25) is 0 Å². The van der Waals surface area contributed by atoms with Crippen LogP contribution >= 0.6 is 27.3 Å². The minimum absolute atomic E-state index is 0.632. The number of fused-ring (bicyclic) bond motifs is 1. The third-order valence-corrected chi connectivity index (χ3v) is 4.14. The van der Waals surface area contributed by atoms with Gasteiger partial charge in [-0.05, 0) is 46.3 Å². The molecule has 2 aromatic carbocycles. The first-order valence-electron chi connectivity index (χ1n) is 5.63. The molecule has 0 unspecified atom stereocenters. The van der Waals surface area contributed by atoms with Gasteiger partial charge in [0.25, 0.3) is 5.19 Å². The summed E-state index contributed by atoms with van der Waals surface area (Å²) in [7, 11) is 1.63. The van der Waals surface area contributed by atoms with Crippen molar-refractivity contribution in [1.82, 2.24) is 4.98 Å². The van der Waals surface area contributed by atoms with Crippen LogP contribution in [0.3, 0.4) is 0 Å². The molecule has 0 amide bonds. The Morgan fingerprint density at radius 1 is 1.16 bits per heavy atom. The van der Waals surface area contributed by atoms with Crippen LogP contribution < -0.4 is 9.47 Å². The number of hydrogen-bond acceptors (Lipinski definition) is 4. The molecule has 0 N–H and O–H groups in total. The minimum Gasteiger partial charge on any atom is -0.497 e. The Morgan fingerprint density at radius 2 is 2.00 bits per heavy atom. The van der Waals surface area contributed by atoms with Crippen molar-refractivity contribution in [1.29, 1.82) is 0 Å². The van der Waals surface area contributed by atoms with Crippen molar-refractivity contribution in [3.63, 3.8) is 0 Å². The molecule has 1 heterocycles. The van der Waals surface area contributed by atoms with E-state index in [-0.39, 0.29) is 0 Å². The number of thiazole rings is 1. The van der Waals surface area contributed by atoms with Crippen molar-refractivity contribution >= 4 is 37.5 Å². The summed E-state index contributed by atoms with van der Waals surface area (Å²) in [5.74, 6) is 1.50. The molecule has 0 saturated carbocycles. The summed E-state index contributed by atoms with van der Waals surface area (Å²) in [4.78, 5) is 4.44. The predicted octanol–water partition coefficient (Wildman–Crippen LogP) is 4.86. The lowest BCUT2D eigenvalue weighted by Gasteiger charge is -2.06. The molecular weight excluding hydrogens is 326 g/mol. The zero-order valence-electron chi connectivity index (χ0n) is 10.1. The average molecular weight is 336 g/mol. The lowest BCUT2D eigenvalue weighted by Crippen LogP contribution is -1.87. The van der Waals surface area contributed by atoms with E-state index in [2.05, 4.69) is 20.9 Å². The van der Waals surface area contributed by atoms with Crippen LogP contribution in [0.1, 0.15) is 0 Å². The Hall–Kier alpha value is -1.59. The predicted molar refractivity (Wildman–Crippen MR) is 80.4 cm³/mol. The van der Waals surface area contributed by atoms with E-state index in [0.29, 0.717) is 5.19 Å². The second-order valence-corrected chi connectivity index (χ2v) is 5.69. The van der Waals surface area contributed by atoms with Gasteiger partial charge < -0.3 is 9.47 Å². The third-order valence-electron chi connectivity index (χ3n) is 2.61. The molecule has 19 heavy (non-hydrogen) atoms. The quantitative estimate of drug-likeness (QED) is 0.684. The monoisotopic (exact) mass is 335 g/mol. The normalized spacial score (nSPS) is 10.6. The second kappa shape index (κ2) is 5.19. The van der Waals surface area contributed by atoms with Crippen molar-refractivity contribution < 1.29 is 9.47 Å². The van der Waals surface area contributed by atoms with E-state index in [4.69, 9.17) is 9.47 Å². The standard InChI is InChI=1S/C14H10BrNO2S/c1-17-9-6-7-12(10(15)8-9)18-14-16-11-4-2-3-5-13(11)19-14/h2-8H,1H3. The van der Waals surface area contributed by atoms with E-state index in [1.807, 2.05) is 42.5 Å². The summed E-state index contributed by atoms with van der Waals surface area (Å²) < 4.78 is 12.9. The summed E-state index contributed by atoms with van der Waals surface area (Å²) in [6.45, 7) is 0. The molecule has 3 nitrogen and oxygen atoms in total. The Morgan fingerprint density at radius 3 is 2.74 bits per heavy atom. The Labute approximate surface area is 122 Å². The van der Waals surface area contributed by atoms with Gasteiger partial charge in [0.2, 0.25) is 0 Å². The van der Waals surface area contributed by atoms with Crippen molar-refractivity contribution in [3.8, 4) is 16.7 Å². The molecule has 0 fully saturated rings. The highest BCUT2D eigenvalue weighted by molar-refractivity contribution is 9.10. The second-order valence-electron chi connectivity index (χ2n) is 3.85. The third kappa shape index (κ3) is 2.57. The zero-order chi connectivity index (χ0) is 13.2. The average Bonchev–Trinajstić information content (AvgIpc) is 2.83. The van der Waals surface area contributed by atoms with E-state index >= 15 is 0 Å². The molecular formula is C14H10BrNO2S. The first kappa shape index (κ1) is 12.4. The fourth-order valence-corrected chi connectivity index (χ4v) is 2.95. The van der Waals surface area contributed by atoms with Crippen LogP contribution in [-0.2, 0) is 0 Å². The Balaban J connectivity index is 1.92. The summed E-state index contributed by atoms with van der Waals surface area (Å²) in [6, 6.07) is 13.5.